The van der Waals surface area contributed by atoms with Crippen LogP contribution in [0.5, 0.6) is 0 Å². The number of hydrogen-bond donors (Lipinski definition) is 1. The second-order valence-corrected chi connectivity index (χ2v) is 7.98. The number of aromatic nitrogens is 1. The number of hydrogen-bond acceptors (Lipinski definition) is 4. The Bertz CT molecular complexity index is 1400. The molecule has 1 amide bonds. The molecule has 0 radical (unpaired) electrons. The number of amides is 1. The van der Waals surface area contributed by atoms with Crippen LogP contribution in [0.1, 0.15) is 38.3 Å². The molecule has 172 valence electrons. The van der Waals surface area contributed by atoms with E-state index in [1.807, 2.05) is 57.2 Å². The summed E-state index contributed by atoms with van der Waals surface area (Å²) in [5.41, 5.74) is 5.81. The van der Waals surface area contributed by atoms with E-state index in [1.165, 1.54) is 30.5 Å². The highest BCUT2D eigenvalue weighted by molar-refractivity contribution is 6.11. The first-order valence-electron chi connectivity index (χ1n) is 10.8. The number of fused-ring (bicyclic) bond motifs is 1. The van der Waals surface area contributed by atoms with Gasteiger partial charge >= 0.3 is 0 Å². The fourth-order valence-corrected chi connectivity index (χ4v) is 3.80. The van der Waals surface area contributed by atoms with E-state index in [-0.39, 0.29) is 18.3 Å². The van der Waals surface area contributed by atoms with Crippen molar-refractivity contribution in [1.82, 2.24) is 4.40 Å². The van der Waals surface area contributed by atoms with Crippen molar-refractivity contribution in [1.29, 1.82) is 0 Å². The number of carbonyl (C=O) groups is 2. The molecule has 0 saturated carbocycles. The van der Waals surface area contributed by atoms with Gasteiger partial charge in [0, 0.05) is 23.0 Å². The van der Waals surface area contributed by atoms with Crippen molar-refractivity contribution in [2.75, 3.05) is 11.9 Å². The Morgan fingerprint density at radius 3 is 2.53 bits per heavy atom. The Labute approximate surface area is 196 Å². The molecular weight excluding hydrogens is 433 g/mol. The third-order valence-electron chi connectivity index (χ3n) is 5.79. The van der Waals surface area contributed by atoms with Crippen LogP contribution in [-0.2, 0) is 9.63 Å². The molecule has 2 heterocycles. The van der Waals surface area contributed by atoms with Crippen LogP contribution >= 0.6 is 0 Å². The van der Waals surface area contributed by atoms with Crippen LogP contribution in [0.25, 0.3) is 5.52 Å². The third-order valence-corrected chi connectivity index (χ3v) is 5.79. The first kappa shape index (κ1) is 22.9. The van der Waals surface area contributed by atoms with Gasteiger partial charge in [0.05, 0.1) is 17.4 Å². The Hall–Kier alpha value is -4.26. The van der Waals surface area contributed by atoms with Gasteiger partial charge in [-0.05, 0) is 79.9 Å². The molecule has 0 bridgehead atoms. The third kappa shape index (κ3) is 4.59. The topological polar surface area (TPSA) is 72.2 Å². The number of pyridine rings is 1. The number of aryl methyl sites for hydroxylation is 1. The number of nitrogens with zero attached hydrogens (tertiary/aromatic N) is 2. The Morgan fingerprint density at radius 2 is 1.76 bits per heavy atom. The predicted molar refractivity (Wildman–Crippen MR) is 130 cm³/mol. The van der Waals surface area contributed by atoms with Crippen molar-refractivity contribution in [2.24, 2.45) is 5.16 Å². The van der Waals surface area contributed by atoms with Gasteiger partial charge in [-0.3, -0.25) is 9.59 Å². The summed E-state index contributed by atoms with van der Waals surface area (Å²) >= 11 is 0. The largest absolute Gasteiger partial charge is 0.386 e. The van der Waals surface area contributed by atoms with Gasteiger partial charge in [-0.25, -0.2) is 4.39 Å². The van der Waals surface area contributed by atoms with E-state index < -0.39 is 5.82 Å². The summed E-state index contributed by atoms with van der Waals surface area (Å²) in [5.74, 6) is -0.955. The molecule has 0 fully saturated rings. The minimum atomic E-state index is -0.403. The van der Waals surface area contributed by atoms with Gasteiger partial charge in [0.2, 0.25) is 5.78 Å². The average molecular weight is 458 g/mol. The van der Waals surface area contributed by atoms with Crippen molar-refractivity contribution in [2.45, 2.75) is 20.8 Å². The summed E-state index contributed by atoms with van der Waals surface area (Å²) in [4.78, 5) is 30.7. The van der Waals surface area contributed by atoms with E-state index in [2.05, 4.69) is 10.5 Å². The maximum atomic E-state index is 13.3. The molecule has 1 N–H and O–H groups in total. The molecule has 2 aromatic carbocycles. The van der Waals surface area contributed by atoms with Gasteiger partial charge in [-0.15, -0.1) is 0 Å². The van der Waals surface area contributed by atoms with Crippen LogP contribution in [0.2, 0.25) is 0 Å². The maximum Gasteiger partial charge on any atom is 0.265 e. The number of rotatable bonds is 7. The molecule has 6 nitrogen and oxygen atoms in total. The normalized spacial score (nSPS) is 11.2. The lowest BCUT2D eigenvalue weighted by Crippen LogP contribution is -2.17. The second-order valence-electron chi connectivity index (χ2n) is 7.98. The van der Waals surface area contributed by atoms with Crippen LogP contribution in [0.4, 0.5) is 10.1 Å². The van der Waals surface area contributed by atoms with E-state index >= 15 is 0 Å². The smallest absolute Gasteiger partial charge is 0.265 e. The molecule has 4 aromatic rings. The molecule has 4 rings (SSSR count). The lowest BCUT2D eigenvalue weighted by molar-refractivity contribution is -0.120. The minimum absolute atomic E-state index is 0.229. The van der Waals surface area contributed by atoms with Crippen molar-refractivity contribution in [3.8, 4) is 0 Å². The van der Waals surface area contributed by atoms with Gasteiger partial charge < -0.3 is 14.6 Å². The Kier molecular flexibility index (Phi) is 6.54. The standard InChI is InChI=1S/C27H24FN3O3/c1-17-7-6-8-23(18(17)2)30-25(32)16-34-29-15-22-19(3)26(31-14-5-4-9-24(22)31)27(33)20-10-12-21(28)13-11-20/h4-15H,16H2,1-3H3,(H,30,32)/b29-15-. The first-order chi connectivity index (χ1) is 16.4. The monoisotopic (exact) mass is 457 g/mol. The zero-order valence-corrected chi connectivity index (χ0v) is 19.1. The number of carbonyl (C=O) groups excluding carboxylic acids is 2. The van der Waals surface area contributed by atoms with E-state index in [9.17, 15) is 14.0 Å². The van der Waals surface area contributed by atoms with Crippen molar-refractivity contribution >= 4 is 29.1 Å². The zero-order chi connectivity index (χ0) is 24.2. The molecule has 0 spiro atoms. The Morgan fingerprint density at radius 1 is 1.00 bits per heavy atom. The molecule has 0 aliphatic rings. The summed E-state index contributed by atoms with van der Waals surface area (Å²) in [5, 5.41) is 6.79. The molecular formula is C27H24FN3O3. The first-order valence-corrected chi connectivity index (χ1v) is 10.8. The fraction of sp³-hybridized carbons (Fsp3) is 0.148. The minimum Gasteiger partial charge on any atom is -0.386 e. The van der Waals surface area contributed by atoms with Gasteiger partial charge in [0.15, 0.2) is 6.61 Å². The predicted octanol–water partition coefficient (Wildman–Crippen LogP) is 5.22. The SMILES string of the molecule is Cc1cccc(NC(=O)CO/N=C\c2c(C)c(C(=O)c3ccc(F)cc3)n3ccccc23)c1C. The molecule has 0 saturated heterocycles. The number of ketones is 1. The van der Waals surface area contributed by atoms with Crippen molar-refractivity contribution in [3.05, 3.63) is 106 Å². The summed E-state index contributed by atoms with van der Waals surface area (Å²) in [6, 6.07) is 16.7. The lowest BCUT2D eigenvalue weighted by Gasteiger charge is -2.09. The molecule has 7 heteroatoms. The Balaban J connectivity index is 1.52. The second kappa shape index (κ2) is 9.70. The summed E-state index contributed by atoms with van der Waals surface area (Å²) in [7, 11) is 0. The summed E-state index contributed by atoms with van der Waals surface area (Å²) in [6.45, 7) is 5.48. The average Bonchev–Trinajstić information content (AvgIpc) is 3.11. The molecule has 34 heavy (non-hydrogen) atoms. The van der Waals surface area contributed by atoms with Gasteiger partial charge in [0.1, 0.15) is 5.82 Å². The number of nitrogens with one attached hydrogen (secondary N) is 1. The number of anilines is 1. The zero-order valence-electron chi connectivity index (χ0n) is 19.1. The molecule has 0 unspecified atom stereocenters. The van der Waals surface area contributed by atoms with Gasteiger partial charge in [-0.1, -0.05) is 23.4 Å². The van der Waals surface area contributed by atoms with E-state index in [0.29, 0.717) is 22.4 Å². The number of halogens is 1. The number of benzene rings is 2. The quantitative estimate of drug-likeness (QED) is 0.235. The van der Waals surface area contributed by atoms with Gasteiger partial charge in [-0.2, -0.15) is 0 Å². The van der Waals surface area contributed by atoms with E-state index in [0.717, 1.165) is 22.3 Å². The van der Waals surface area contributed by atoms with Crippen LogP contribution in [0.15, 0.2) is 72.0 Å². The van der Waals surface area contributed by atoms with Crippen LogP contribution in [0, 0.1) is 26.6 Å². The van der Waals surface area contributed by atoms with Gasteiger partial charge in [0.25, 0.3) is 5.91 Å². The van der Waals surface area contributed by atoms with Crippen LogP contribution in [0.3, 0.4) is 0 Å². The van der Waals surface area contributed by atoms with Crippen LogP contribution in [-0.4, -0.2) is 28.9 Å². The van der Waals surface area contributed by atoms with Crippen molar-refractivity contribution < 1.29 is 18.8 Å². The van der Waals surface area contributed by atoms with Crippen molar-refractivity contribution in [3.63, 3.8) is 0 Å². The summed E-state index contributed by atoms with van der Waals surface area (Å²) in [6.07, 6.45) is 3.28. The van der Waals surface area contributed by atoms with E-state index in [1.54, 1.807) is 10.6 Å². The molecule has 0 aliphatic carbocycles. The highest BCUT2D eigenvalue weighted by Gasteiger charge is 2.21. The molecule has 0 aliphatic heterocycles. The highest BCUT2D eigenvalue weighted by atomic mass is 19.1. The highest BCUT2D eigenvalue weighted by Crippen LogP contribution is 2.24. The van der Waals surface area contributed by atoms with Crippen LogP contribution < -0.4 is 5.32 Å². The van der Waals surface area contributed by atoms with E-state index in [4.69, 9.17) is 4.84 Å². The lowest BCUT2D eigenvalue weighted by atomic mass is 10.0. The molecule has 0 atom stereocenters. The molecule has 2 aromatic heterocycles. The summed E-state index contributed by atoms with van der Waals surface area (Å²) < 4.78 is 15.1. The maximum absolute atomic E-state index is 13.3. The number of oxime groups is 1. The fourth-order valence-electron chi connectivity index (χ4n) is 3.80.